The van der Waals surface area contributed by atoms with Crippen LogP contribution in [-0.2, 0) is 10.0 Å². The lowest BCUT2D eigenvalue weighted by molar-refractivity contribution is 0.0725. The molecule has 7 nitrogen and oxygen atoms in total. The number of aryl methyl sites for hydroxylation is 2. The van der Waals surface area contributed by atoms with Crippen LogP contribution >= 0.6 is 11.6 Å². The van der Waals surface area contributed by atoms with Crippen LogP contribution in [0.1, 0.15) is 51.1 Å². The van der Waals surface area contributed by atoms with Crippen molar-refractivity contribution in [3.05, 3.63) is 87.9 Å². The smallest absolute Gasteiger partial charge is 0.263 e. The quantitative estimate of drug-likeness (QED) is 0.435. The number of anilines is 2. The van der Waals surface area contributed by atoms with Gasteiger partial charge in [0.05, 0.1) is 22.0 Å². The Kier molecular flexibility index (Phi) is 7.66. The first-order valence-electron chi connectivity index (χ1n) is 11.7. The number of sulfonamides is 1. The molecule has 188 valence electrons. The van der Waals surface area contributed by atoms with Crippen LogP contribution in [0.4, 0.5) is 11.4 Å². The third-order valence-electron chi connectivity index (χ3n) is 6.17. The lowest BCUT2D eigenvalue weighted by atomic mass is 10.1. The maximum atomic E-state index is 13.2. The summed E-state index contributed by atoms with van der Waals surface area (Å²) in [5.74, 6) is -0.684. The van der Waals surface area contributed by atoms with Crippen molar-refractivity contribution in [2.24, 2.45) is 0 Å². The van der Waals surface area contributed by atoms with Crippen LogP contribution in [0.3, 0.4) is 0 Å². The number of piperidine rings is 1. The van der Waals surface area contributed by atoms with Crippen molar-refractivity contribution in [1.29, 1.82) is 0 Å². The number of hydrogen-bond donors (Lipinski definition) is 2. The molecule has 1 aliphatic heterocycles. The van der Waals surface area contributed by atoms with E-state index < -0.39 is 15.9 Å². The van der Waals surface area contributed by atoms with E-state index in [1.807, 2.05) is 19.1 Å². The molecule has 0 atom stereocenters. The van der Waals surface area contributed by atoms with Crippen LogP contribution in [0.5, 0.6) is 0 Å². The van der Waals surface area contributed by atoms with Crippen LogP contribution in [0, 0.1) is 13.8 Å². The van der Waals surface area contributed by atoms with Crippen LogP contribution in [0.2, 0.25) is 5.02 Å². The predicted molar refractivity (Wildman–Crippen MR) is 142 cm³/mol. The standard InChI is InChI=1S/C27H28ClN3O4S/c1-18-10-11-19(2)24(16-18)30-36(34,35)25-17-20(12-13-22(25)28)26(32)29-23-9-5-4-8-21(23)27(33)31-14-6-3-7-15-31/h4-5,8-13,16-17,30H,3,6-7,14-15H2,1-2H3,(H,29,32). The molecule has 3 aromatic carbocycles. The molecule has 0 spiro atoms. The number of rotatable bonds is 6. The van der Waals surface area contributed by atoms with Gasteiger partial charge in [0.15, 0.2) is 0 Å². The fraction of sp³-hybridized carbons (Fsp3) is 0.259. The Hall–Kier alpha value is -3.36. The van der Waals surface area contributed by atoms with E-state index in [2.05, 4.69) is 10.0 Å². The monoisotopic (exact) mass is 525 g/mol. The molecule has 0 saturated carbocycles. The van der Waals surface area contributed by atoms with Crippen molar-refractivity contribution >= 4 is 44.8 Å². The molecule has 3 aromatic rings. The van der Waals surface area contributed by atoms with E-state index in [-0.39, 0.29) is 21.4 Å². The zero-order chi connectivity index (χ0) is 25.9. The molecule has 0 radical (unpaired) electrons. The molecular weight excluding hydrogens is 498 g/mol. The van der Waals surface area contributed by atoms with Gasteiger partial charge in [-0.3, -0.25) is 14.3 Å². The molecule has 2 amide bonds. The van der Waals surface area contributed by atoms with Gasteiger partial charge in [0.1, 0.15) is 4.90 Å². The summed E-state index contributed by atoms with van der Waals surface area (Å²) in [6, 6.07) is 16.3. The van der Waals surface area contributed by atoms with Gasteiger partial charge in [-0.2, -0.15) is 0 Å². The third-order valence-corrected chi connectivity index (χ3v) is 8.02. The second kappa shape index (κ2) is 10.7. The zero-order valence-electron chi connectivity index (χ0n) is 20.2. The van der Waals surface area contributed by atoms with Crippen LogP contribution in [0.25, 0.3) is 0 Å². The van der Waals surface area contributed by atoms with Gasteiger partial charge < -0.3 is 10.2 Å². The summed E-state index contributed by atoms with van der Waals surface area (Å²) in [6.07, 6.45) is 3.01. The van der Waals surface area contributed by atoms with Crippen LogP contribution in [0.15, 0.2) is 65.6 Å². The van der Waals surface area contributed by atoms with E-state index in [0.717, 1.165) is 30.4 Å². The van der Waals surface area contributed by atoms with E-state index in [9.17, 15) is 18.0 Å². The van der Waals surface area contributed by atoms with Crippen LogP contribution < -0.4 is 10.0 Å². The molecule has 0 aliphatic carbocycles. The Balaban J connectivity index is 1.59. The van der Waals surface area contributed by atoms with E-state index in [1.165, 1.54) is 18.2 Å². The predicted octanol–water partition coefficient (Wildman–Crippen LogP) is 5.64. The Labute approximate surface area is 216 Å². The maximum Gasteiger partial charge on any atom is 0.263 e. The van der Waals surface area contributed by atoms with Gasteiger partial charge in [0.2, 0.25) is 0 Å². The number of halogens is 1. The number of carbonyl (C=O) groups excluding carboxylic acids is 2. The number of carbonyl (C=O) groups is 2. The van der Waals surface area contributed by atoms with E-state index >= 15 is 0 Å². The number of benzene rings is 3. The summed E-state index contributed by atoms with van der Waals surface area (Å²) in [7, 11) is -4.07. The largest absolute Gasteiger partial charge is 0.339 e. The molecule has 2 N–H and O–H groups in total. The van der Waals surface area contributed by atoms with E-state index in [0.29, 0.717) is 30.0 Å². The summed E-state index contributed by atoms with van der Waals surface area (Å²) >= 11 is 6.23. The van der Waals surface area contributed by atoms with Crippen molar-refractivity contribution in [2.45, 2.75) is 38.0 Å². The highest BCUT2D eigenvalue weighted by molar-refractivity contribution is 7.92. The lowest BCUT2D eigenvalue weighted by Gasteiger charge is -2.27. The number of para-hydroxylation sites is 1. The minimum Gasteiger partial charge on any atom is -0.339 e. The van der Waals surface area contributed by atoms with Gasteiger partial charge in [0, 0.05) is 18.7 Å². The van der Waals surface area contributed by atoms with Crippen molar-refractivity contribution in [1.82, 2.24) is 4.90 Å². The lowest BCUT2D eigenvalue weighted by Crippen LogP contribution is -2.36. The minimum atomic E-state index is -4.07. The molecule has 1 saturated heterocycles. The average molecular weight is 526 g/mol. The van der Waals surface area contributed by atoms with Gasteiger partial charge in [-0.25, -0.2) is 8.42 Å². The first-order chi connectivity index (χ1) is 17.2. The van der Waals surface area contributed by atoms with Crippen molar-refractivity contribution in [3.8, 4) is 0 Å². The second-order valence-electron chi connectivity index (χ2n) is 8.92. The Bertz CT molecular complexity index is 1420. The highest BCUT2D eigenvalue weighted by Gasteiger charge is 2.24. The van der Waals surface area contributed by atoms with Crippen molar-refractivity contribution < 1.29 is 18.0 Å². The van der Waals surface area contributed by atoms with Gasteiger partial charge in [0.25, 0.3) is 21.8 Å². The van der Waals surface area contributed by atoms with Crippen LogP contribution in [-0.4, -0.2) is 38.2 Å². The summed E-state index contributed by atoms with van der Waals surface area (Å²) in [5.41, 5.74) is 2.95. The summed E-state index contributed by atoms with van der Waals surface area (Å²) in [5, 5.41) is 2.76. The van der Waals surface area contributed by atoms with E-state index in [1.54, 1.807) is 42.2 Å². The number of nitrogens with one attached hydrogen (secondary N) is 2. The highest BCUT2D eigenvalue weighted by Crippen LogP contribution is 2.28. The number of amides is 2. The number of likely N-dealkylation sites (tertiary alicyclic amines) is 1. The van der Waals surface area contributed by atoms with Gasteiger partial charge >= 0.3 is 0 Å². The van der Waals surface area contributed by atoms with Gasteiger partial charge in [-0.1, -0.05) is 35.9 Å². The second-order valence-corrected chi connectivity index (χ2v) is 11.0. The van der Waals surface area contributed by atoms with Crippen molar-refractivity contribution in [2.75, 3.05) is 23.1 Å². The molecule has 0 bridgehead atoms. The molecule has 4 rings (SSSR count). The summed E-state index contributed by atoms with van der Waals surface area (Å²) < 4.78 is 28.9. The highest BCUT2D eigenvalue weighted by atomic mass is 35.5. The number of nitrogens with zero attached hydrogens (tertiary/aromatic N) is 1. The first kappa shape index (κ1) is 25.7. The molecule has 0 unspecified atom stereocenters. The normalized spacial score (nSPS) is 13.8. The topological polar surface area (TPSA) is 95.6 Å². The molecular formula is C27H28ClN3O4S. The molecule has 1 heterocycles. The Morgan fingerprint density at radius 2 is 1.61 bits per heavy atom. The third kappa shape index (κ3) is 5.71. The zero-order valence-corrected chi connectivity index (χ0v) is 21.7. The number of hydrogen-bond acceptors (Lipinski definition) is 4. The molecule has 36 heavy (non-hydrogen) atoms. The minimum absolute atomic E-state index is 0.00923. The average Bonchev–Trinajstić information content (AvgIpc) is 2.86. The molecule has 1 fully saturated rings. The Morgan fingerprint density at radius 3 is 2.36 bits per heavy atom. The Morgan fingerprint density at radius 1 is 0.889 bits per heavy atom. The summed E-state index contributed by atoms with van der Waals surface area (Å²) in [4.78, 5) is 27.8. The van der Waals surface area contributed by atoms with Gasteiger partial charge in [-0.15, -0.1) is 0 Å². The first-order valence-corrected chi connectivity index (χ1v) is 13.6. The SMILES string of the molecule is Cc1ccc(C)c(NS(=O)(=O)c2cc(C(=O)Nc3ccccc3C(=O)N3CCCCC3)ccc2Cl)c1. The fourth-order valence-corrected chi connectivity index (χ4v) is 5.79. The van der Waals surface area contributed by atoms with Gasteiger partial charge in [-0.05, 0) is 80.6 Å². The van der Waals surface area contributed by atoms with Crippen molar-refractivity contribution in [3.63, 3.8) is 0 Å². The van der Waals surface area contributed by atoms with E-state index in [4.69, 9.17) is 11.6 Å². The maximum absolute atomic E-state index is 13.2. The molecule has 9 heteroatoms. The molecule has 0 aromatic heterocycles. The molecule has 1 aliphatic rings. The fourth-order valence-electron chi connectivity index (χ4n) is 4.14. The summed E-state index contributed by atoms with van der Waals surface area (Å²) in [6.45, 7) is 5.04.